The van der Waals surface area contributed by atoms with Gasteiger partial charge in [0.25, 0.3) is 0 Å². The monoisotopic (exact) mass is 216 g/mol. The zero-order valence-corrected chi connectivity index (χ0v) is 8.44. The number of methoxy groups -OCH3 is 1. The Morgan fingerprint density at radius 1 is 1.50 bits per heavy atom. The van der Waals surface area contributed by atoms with Crippen LogP contribution >= 0.6 is 11.6 Å². The van der Waals surface area contributed by atoms with E-state index in [4.69, 9.17) is 16.3 Å². The van der Waals surface area contributed by atoms with Crippen LogP contribution in [0, 0.1) is 5.82 Å². The van der Waals surface area contributed by atoms with Crippen molar-refractivity contribution in [2.45, 2.75) is 18.4 Å². The lowest BCUT2D eigenvalue weighted by Crippen LogP contribution is -2.07. The highest BCUT2D eigenvalue weighted by atomic mass is 35.5. The van der Waals surface area contributed by atoms with E-state index < -0.39 is 11.4 Å². The van der Waals surface area contributed by atoms with Crippen molar-refractivity contribution in [2.75, 3.05) is 7.11 Å². The van der Waals surface area contributed by atoms with Gasteiger partial charge < -0.3 is 9.84 Å². The van der Waals surface area contributed by atoms with Crippen LogP contribution < -0.4 is 4.74 Å². The normalized spacial score (nSPS) is 18.0. The highest BCUT2D eigenvalue weighted by Gasteiger charge is 2.44. The molecule has 0 radical (unpaired) electrons. The van der Waals surface area contributed by atoms with Crippen LogP contribution in [0.3, 0.4) is 0 Å². The quantitative estimate of drug-likeness (QED) is 0.823. The molecule has 1 aromatic rings. The summed E-state index contributed by atoms with van der Waals surface area (Å²) < 4.78 is 18.1. The molecule has 0 aromatic heterocycles. The van der Waals surface area contributed by atoms with Crippen LogP contribution in [0.15, 0.2) is 12.1 Å². The van der Waals surface area contributed by atoms with Crippen LogP contribution in [-0.4, -0.2) is 12.2 Å². The zero-order valence-electron chi connectivity index (χ0n) is 7.68. The third kappa shape index (κ3) is 1.37. The lowest BCUT2D eigenvalue weighted by Gasteiger charge is -2.14. The first-order valence-corrected chi connectivity index (χ1v) is 4.71. The Balaban J connectivity index is 2.55. The summed E-state index contributed by atoms with van der Waals surface area (Å²) in [4.78, 5) is 0. The first kappa shape index (κ1) is 9.74. The Hall–Kier alpha value is -0.800. The predicted molar refractivity (Wildman–Crippen MR) is 51.1 cm³/mol. The van der Waals surface area contributed by atoms with Gasteiger partial charge in [-0.1, -0.05) is 11.6 Å². The molecule has 2 nitrogen and oxygen atoms in total. The van der Waals surface area contributed by atoms with Crippen LogP contribution in [0.5, 0.6) is 5.75 Å². The minimum Gasteiger partial charge on any atom is -0.495 e. The van der Waals surface area contributed by atoms with Crippen molar-refractivity contribution in [2.24, 2.45) is 0 Å². The molecule has 0 atom stereocenters. The average Bonchev–Trinajstić information content (AvgIpc) is 2.89. The van der Waals surface area contributed by atoms with Gasteiger partial charge in [-0.25, -0.2) is 4.39 Å². The van der Waals surface area contributed by atoms with Gasteiger partial charge in [0.05, 0.1) is 12.7 Å². The molecule has 0 unspecified atom stereocenters. The summed E-state index contributed by atoms with van der Waals surface area (Å²) in [6.45, 7) is 0. The van der Waals surface area contributed by atoms with Gasteiger partial charge in [0.15, 0.2) is 0 Å². The standard InChI is InChI=1S/C10H10ClFO2/c1-14-9-6(10(13)4-5-10)2-3-7(12)8(9)11/h2-3,13H,4-5H2,1H3. The van der Waals surface area contributed by atoms with Gasteiger partial charge in [-0.05, 0) is 25.0 Å². The Labute approximate surface area is 86.3 Å². The third-order valence-electron chi connectivity index (χ3n) is 2.48. The number of rotatable bonds is 2. The molecule has 0 heterocycles. The summed E-state index contributed by atoms with van der Waals surface area (Å²) in [5.74, 6) is -0.289. The molecule has 14 heavy (non-hydrogen) atoms. The van der Waals surface area contributed by atoms with E-state index in [1.807, 2.05) is 0 Å². The maximum absolute atomic E-state index is 13.1. The lowest BCUT2D eigenvalue weighted by atomic mass is 10.1. The van der Waals surface area contributed by atoms with E-state index in [0.717, 1.165) is 0 Å². The zero-order chi connectivity index (χ0) is 10.3. The molecule has 2 rings (SSSR count). The first-order chi connectivity index (χ1) is 6.58. The fourth-order valence-corrected chi connectivity index (χ4v) is 1.73. The summed E-state index contributed by atoms with van der Waals surface area (Å²) in [7, 11) is 1.41. The van der Waals surface area contributed by atoms with E-state index in [0.29, 0.717) is 18.4 Å². The number of halogens is 2. The summed E-state index contributed by atoms with van der Waals surface area (Å²) in [5.41, 5.74) is -0.283. The molecule has 0 spiro atoms. The van der Waals surface area contributed by atoms with Crippen molar-refractivity contribution in [3.05, 3.63) is 28.5 Å². The van der Waals surface area contributed by atoms with Crippen molar-refractivity contribution < 1.29 is 14.2 Å². The number of hydrogen-bond acceptors (Lipinski definition) is 2. The molecule has 1 saturated carbocycles. The van der Waals surface area contributed by atoms with Crippen LogP contribution in [0.1, 0.15) is 18.4 Å². The summed E-state index contributed by atoms with van der Waals surface area (Å²) in [6, 6.07) is 2.77. The number of benzene rings is 1. The summed E-state index contributed by atoms with van der Waals surface area (Å²) in [5, 5.41) is 9.80. The van der Waals surface area contributed by atoms with Gasteiger partial charge in [-0.3, -0.25) is 0 Å². The molecule has 1 aliphatic carbocycles. The first-order valence-electron chi connectivity index (χ1n) is 4.33. The highest BCUT2D eigenvalue weighted by Crippen LogP contribution is 2.50. The van der Waals surface area contributed by atoms with Gasteiger partial charge in [0, 0.05) is 5.56 Å². The predicted octanol–water partition coefficient (Wildman–Crippen LogP) is 2.47. The fraction of sp³-hybridized carbons (Fsp3) is 0.400. The summed E-state index contributed by atoms with van der Waals surface area (Å²) in [6.07, 6.45) is 1.34. The lowest BCUT2D eigenvalue weighted by molar-refractivity contribution is 0.147. The van der Waals surface area contributed by atoms with Crippen molar-refractivity contribution in [3.63, 3.8) is 0 Å². The second-order valence-corrected chi connectivity index (χ2v) is 3.85. The molecular weight excluding hydrogens is 207 g/mol. The largest absolute Gasteiger partial charge is 0.495 e. The van der Waals surface area contributed by atoms with E-state index in [9.17, 15) is 9.50 Å². The molecule has 1 aliphatic rings. The van der Waals surface area contributed by atoms with Gasteiger partial charge >= 0.3 is 0 Å². The summed E-state index contributed by atoms with van der Waals surface area (Å²) >= 11 is 5.72. The van der Waals surface area contributed by atoms with E-state index in [2.05, 4.69) is 0 Å². The molecule has 1 aromatic carbocycles. The van der Waals surface area contributed by atoms with Gasteiger partial charge in [0.1, 0.15) is 16.6 Å². The van der Waals surface area contributed by atoms with Crippen LogP contribution in [-0.2, 0) is 5.60 Å². The molecule has 4 heteroatoms. The highest BCUT2D eigenvalue weighted by molar-refractivity contribution is 6.32. The molecule has 1 fully saturated rings. The van der Waals surface area contributed by atoms with E-state index in [1.54, 1.807) is 0 Å². The Kier molecular flexibility index (Phi) is 2.16. The minimum atomic E-state index is -0.858. The molecule has 0 aliphatic heterocycles. The van der Waals surface area contributed by atoms with Crippen LogP contribution in [0.25, 0.3) is 0 Å². The molecule has 1 N–H and O–H groups in total. The average molecular weight is 217 g/mol. The molecule has 0 bridgehead atoms. The van der Waals surface area contributed by atoms with E-state index in [-0.39, 0.29) is 10.8 Å². The van der Waals surface area contributed by atoms with Crippen molar-refractivity contribution >= 4 is 11.6 Å². The number of ether oxygens (including phenoxy) is 1. The SMILES string of the molecule is COc1c(C2(O)CC2)ccc(F)c1Cl. The molecule has 0 saturated heterocycles. The molecule has 0 amide bonds. The Bertz CT molecular complexity index is 375. The molecular formula is C10H10ClFO2. The maximum atomic E-state index is 13.1. The number of aliphatic hydroxyl groups is 1. The van der Waals surface area contributed by atoms with Gasteiger partial charge in [0.2, 0.25) is 0 Å². The van der Waals surface area contributed by atoms with Gasteiger partial charge in [-0.15, -0.1) is 0 Å². The molecule has 76 valence electrons. The van der Waals surface area contributed by atoms with Crippen LogP contribution in [0.4, 0.5) is 4.39 Å². The van der Waals surface area contributed by atoms with Crippen molar-refractivity contribution in [1.29, 1.82) is 0 Å². The fourth-order valence-electron chi connectivity index (χ4n) is 1.49. The van der Waals surface area contributed by atoms with Crippen LogP contribution in [0.2, 0.25) is 5.02 Å². The Morgan fingerprint density at radius 2 is 2.14 bits per heavy atom. The van der Waals surface area contributed by atoms with Crippen molar-refractivity contribution in [1.82, 2.24) is 0 Å². The second kappa shape index (κ2) is 3.11. The van der Waals surface area contributed by atoms with E-state index in [1.165, 1.54) is 19.2 Å². The third-order valence-corrected chi connectivity index (χ3v) is 2.83. The smallest absolute Gasteiger partial charge is 0.146 e. The second-order valence-electron chi connectivity index (χ2n) is 3.47. The maximum Gasteiger partial charge on any atom is 0.146 e. The Morgan fingerprint density at radius 3 is 2.64 bits per heavy atom. The van der Waals surface area contributed by atoms with Crippen molar-refractivity contribution in [3.8, 4) is 5.75 Å². The topological polar surface area (TPSA) is 29.5 Å². The van der Waals surface area contributed by atoms with E-state index >= 15 is 0 Å². The van der Waals surface area contributed by atoms with Gasteiger partial charge in [-0.2, -0.15) is 0 Å². The number of hydrogen-bond donors (Lipinski definition) is 1. The minimum absolute atomic E-state index is 0.0645.